The molecule has 2 unspecified atom stereocenters. The van der Waals surface area contributed by atoms with Crippen LogP contribution in [0.3, 0.4) is 0 Å². The van der Waals surface area contributed by atoms with E-state index in [0.29, 0.717) is 6.61 Å². The molecule has 1 N–H and O–H groups in total. The number of ether oxygens (including phenoxy) is 4. The fourth-order valence-corrected chi connectivity index (χ4v) is 4.34. The summed E-state index contributed by atoms with van der Waals surface area (Å²) in [4.78, 5) is 26.4. The number of esters is 1. The predicted molar refractivity (Wildman–Crippen MR) is 134 cm³/mol. The molecule has 0 bridgehead atoms. The maximum Gasteiger partial charge on any atom is 0.303 e. The van der Waals surface area contributed by atoms with Crippen LogP contribution in [0.25, 0.3) is 0 Å². The Bertz CT molecular complexity index is 1330. The smallest absolute Gasteiger partial charge is 0.303 e. The zero-order valence-corrected chi connectivity index (χ0v) is 20.5. The molecule has 4 atom stereocenters. The zero-order valence-electron chi connectivity index (χ0n) is 19.7. The minimum atomic E-state index is -1.42. The van der Waals surface area contributed by atoms with Crippen molar-refractivity contribution in [3.05, 3.63) is 99.2 Å². The molecule has 0 aliphatic carbocycles. The fraction of sp³-hybridized carbons (Fsp3) is 0.296. The van der Waals surface area contributed by atoms with Crippen molar-refractivity contribution in [3.63, 3.8) is 0 Å². The Morgan fingerprint density at radius 2 is 1.75 bits per heavy atom. The first-order valence-corrected chi connectivity index (χ1v) is 11.7. The van der Waals surface area contributed by atoms with Crippen LogP contribution >= 0.6 is 12.2 Å². The second-order valence-corrected chi connectivity index (χ2v) is 8.72. The third-order valence-corrected chi connectivity index (χ3v) is 6.06. The number of carbonyl (C=O) groups is 1. The van der Waals surface area contributed by atoms with Crippen LogP contribution in [0.1, 0.15) is 24.3 Å². The van der Waals surface area contributed by atoms with E-state index in [9.17, 15) is 9.59 Å². The van der Waals surface area contributed by atoms with Gasteiger partial charge in [0.15, 0.2) is 22.7 Å². The number of nitrogens with zero attached hydrogens (tertiary/aromatic N) is 1. The summed E-state index contributed by atoms with van der Waals surface area (Å²) >= 11 is 5.35. The van der Waals surface area contributed by atoms with E-state index >= 15 is 0 Å². The lowest BCUT2D eigenvalue weighted by Crippen LogP contribution is -2.48. The van der Waals surface area contributed by atoms with Crippen molar-refractivity contribution < 1.29 is 23.7 Å². The first-order valence-electron chi connectivity index (χ1n) is 11.3. The third-order valence-electron chi connectivity index (χ3n) is 5.74. The van der Waals surface area contributed by atoms with Gasteiger partial charge in [0.2, 0.25) is 0 Å². The maximum absolute atomic E-state index is 12.1. The highest BCUT2D eigenvalue weighted by Crippen LogP contribution is 2.41. The number of aromatic nitrogens is 2. The quantitative estimate of drug-likeness (QED) is 0.270. The Labute approximate surface area is 213 Å². The molecule has 1 fully saturated rings. The molecule has 8 nitrogen and oxygen atoms in total. The highest BCUT2D eigenvalue weighted by Gasteiger charge is 2.58. The van der Waals surface area contributed by atoms with Crippen molar-refractivity contribution in [2.75, 3.05) is 6.61 Å². The molecular weight excluding hydrogens is 480 g/mol. The van der Waals surface area contributed by atoms with E-state index in [1.807, 2.05) is 60.7 Å². The van der Waals surface area contributed by atoms with Gasteiger partial charge < -0.3 is 18.9 Å². The molecule has 0 radical (unpaired) electrons. The van der Waals surface area contributed by atoms with E-state index < -0.39 is 30.0 Å². The van der Waals surface area contributed by atoms with Gasteiger partial charge in [0.05, 0.1) is 19.8 Å². The van der Waals surface area contributed by atoms with Gasteiger partial charge in [0.25, 0.3) is 5.56 Å². The second kappa shape index (κ2) is 11.5. The fourth-order valence-electron chi connectivity index (χ4n) is 4.08. The Kier molecular flexibility index (Phi) is 8.13. The van der Waals surface area contributed by atoms with Crippen molar-refractivity contribution in [3.8, 4) is 12.3 Å². The summed E-state index contributed by atoms with van der Waals surface area (Å²) in [6.07, 6.45) is 4.66. The van der Waals surface area contributed by atoms with E-state index in [1.165, 1.54) is 23.8 Å². The Balaban J connectivity index is 1.68. The molecule has 1 aromatic heterocycles. The van der Waals surface area contributed by atoms with Gasteiger partial charge in [-0.2, -0.15) is 0 Å². The van der Waals surface area contributed by atoms with Gasteiger partial charge in [0, 0.05) is 19.2 Å². The summed E-state index contributed by atoms with van der Waals surface area (Å²) < 4.78 is 25.9. The van der Waals surface area contributed by atoms with Gasteiger partial charge in [-0.15, -0.1) is 6.42 Å². The predicted octanol–water partition coefficient (Wildman–Crippen LogP) is 3.54. The molecule has 0 spiro atoms. The van der Waals surface area contributed by atoms with Crippen LogP contribution in [0.5, 0.6) is 0 Å². The van der Waals surface area contributed by atoms with E-state index in [-0.39, 0.29) is 23.5 Å². The standard InChI is InChI=1S/C27H26N2O6S/c1-3-27(18-32-16-20-10-6-4-7-11-20)24(33-17-21-12-8-5-9-13-21)23(34-19(2)30)25(35-27)29-15-14-22(31)28-26(29)36/h1,4-15,23-25H,16-18H2,2H3,(H,28,31,36)/t23?,24?,25-,27-/m1/s1. The molecule has 0 amide bonds. The molecule has 9 heteroatoms. The lowest BCUT2D eigenvalue weighted by atomic mass is 9.96. The Morgan fingerprint density at radius 1 is 1.11 bits per heavy atom. The minimum absolute atomic E-state index is 0.0389. The normalized spacial score (nSPS) is 23.2. The van der Waals surface area contributed by atoms with Crippen LogP contribution in [0.15, 0.2) is 77.7 Å². The number of aromatic amines is 1. The molecule has 4 rings (SSSR count). The van der Waals surface area contributed by atoms with Crippen LogP contribution in [-0.2, 0) is 37.0 Å². The van der Waals surface area contributed by atoms with Crippen LogP contribution in [0.2, 0.25) is 0 Å². The molecule has 1 saturated heterocycles. The lowest BCUT2D eigenvalue weighted by molar-refractivity contribution is -0.158. The van der Waals surface area contributed by atoms with Gasteiger partial charge >= 0.3 is 5.97 Å². The summed E-state index contributed by atoms with van der Waals surface area (Å²) in [6, 6.07) is 20.4. The number of carbonyl (C=O) groups excluding carboxylic acids is 1. The third kappa shape index (κ3) is 5.80. The molecule has 186 valence electrons. The molecule has 2 aromatic carbocycles. The average Bonchev–Trinajstić information content (AvgIpc) is 3.16. The van der Waals surface area contributed by atoms with E-state index in [4.69, 9.17) is 37.6 Å². The van der Waals surface area contributed by atoms with Crippen molar-refractivity contribution in [2.45, 2.75) is 44.2 Å². The molecule has 1 aliphatic rings. The van der Waals surface area contributed by atoms with Gasteiger partial charge in [-0.05, 0) is 23.3 Å². The SMILES string of the molecule is C#C[C@]1(COCc2ccccc2)O[C@@H](n2ccc(=O)[nH]c2=S)C(OC(C)=O)C1OCc1ccccc1. The number of hydrogen-bond donors (Lipinski definition) is 1. The number of rotatable bonds is 9. The molecule has 1 aliphatic heterocycles. The van der Waals surface area contributed by atoms with Crippen molar-refractivity contribution in [1.82, 2.24) is 9.55 Å². The zero-order chi connectivity index (χ0) is 25.5. The van der Waals surface area contributed by atoms with E-state index in [0.717, 1.165) is 11.1 Å². The summed E-state index contributed by atoms with van der Waals surface area (Å²) in [5.41, 5.74) is 0.0726. The topological polar surface area (TPSA) is 91.8 Å². The molecule has 2 heterocycles. The first kappa shape index (κ1) is 25.5. The van der Waals surface area contributed by atoms with Crippen molar-refractivity contribution in [2.24, 2.45) is 0 Å². The molecule has 3 aromatic rings. The van der Waals surface area contributed by atoms with Gasteiger partial charge in [-0.25, -0.2) is 0 Å². The summed E-state index contributed by atoms with van der Waals surface area (Å²) in [5, 5.41) is 0. The van der Waals surface area contributed by atoms with Crippen LogP contribution < -0.4 is 5.56 Å². The summed E-state index contributed by atoms with van der Waals surface area (Å²) in [6.45, 7) is 1.74. The Morgan fingerprint density at radius 3 is 2.33 bits per heavy atom. The summed E-state index contributed by atoms with van der Waals surface area (Å²) in [5.74, 6) is 2.16. The summed E-state index contributed by atoms with van der Waals surface area (Å²) in [7, 11) is 0. The van der Waals surface area contributed by atoms with Crippen LogP contribution in [0.4, 0.5) is 0 Å². The highest BCUT2D eigenvalue weighted by atomic mass is 32.1. The number of hydrogen-bond acceptors (Lipinski definition) is 7. The second-order valence-electron chi connectivity index (χ2n) is 8.33. The van der Waals surface area contributed by atoms with E-state index in [2.05, 4.69) is 10.9 Å². The number of nitrogens with one attached hydrogen (secondary N) is 1. The number of terminal acetylenes is 1. The molecule has 0 saturated carbocycles. The highest BCUT2D eigenvalue weighted by molar-refractivity contribution is 7.71. The van der Waals surface area contributed by atoms with Gasteiger partial charge in [-0.1, -0.05) is 66.6 Å². The maximum atomic E-state index is 12.1. The van der Waals surface area contributed by atoms with Gasteiger partial charge in [-0.3, -0.25) is 19.1 Å². The largest absolute Gasteiger partial charge is 0.455 e. The van der Waals surface area contributed by atoms with Crippen molar-refractivity contribution in [1.29, 1.82) is 0 Å². The molecular formula is C27H26N2O6S. The number of benzene rings is 2. The Hall–Kier alpha value is -3.55. The average molecular weight is 507 g/mol. The van der Waals surface area contributed by atoms with Gasteiger partial charge in [0.1, 0.15) is 6.10 Å². The number of H-pyrrole nitrogens is 1. The van der Waals surface area contributed by atoms with E-state index in [1.54, 1.807) is 0 Å². The van der Waals surface area contributed by atoms with Crippen LogP contribution in [0, 0.1) is 17.1 Å². The first-order chi connectivity index (χ1) is 17.4. The van der Waals surface area contributed by atoms with Crippen molar-refractivity contribution >= 4 is 18.2 Å². The monoisotopic (exact) mass is 506 g/mol. The minimum Gasteiger partial charge on any atom is -0.455 e. The molecule has 36 heavy (non-hydrogen) atoms. The van der Waals surface area contributed by atoms with Crippen LogP contribution in [-0.4, -0.2) is 39.9 Å². The lowest BCUT2D eigenvalue weighted by Gasteiger charge is -2.30.